The number of halogens is 1. The topological polar surface area (TPSA) is 73.9 Å². The Labute approximate surface area is 157 Å². The molecule has 0 radical (unpaired) electrons. The zero-order valence-electron chi connectivity index (χ0n) is 14.4. The van der Waals surface area contributed by atoms with Gasteiger partial charge in [-0.2, -0.15) is 0 Å². The molecule has 2 rings (SSSR count). The van der Waals surface area contributed by atoms with Gasteiger partial charge >= 0.3 is 5.97 Å². The third kappa shape index (κ3) is 6.38. The summed E-state index contributed by atoms with van der Waals surface area (Å²) in [5, 5.41) is 3.21. The summed E-state index contributed by atoms with van der Waals surface area (Å²) in [6.07, 6.45) is 0. The normalized spacial score (nSPS) is 10.2. The van der Waals surface area contributed by atoms with Gasteiger partial charge < -0.3 is 19.5 Å². The number of benzene rings is 2. The smallest absolute Gasteiger partial charge is 0.342 e. The van der Waals surface area contributed by atoms with Gasteiger partial charge in [0.05, 0.1) is 6.61 Å². The minimum atomic E-state index is -0.626. The van der Waals surface area contributed by atoms with Crippen LogP contribution in [0.2, 0.25) is 5.02 Å². The Bertz CT molecular complexity index is 733. The van der Waals surface area contributed by atoms with E-state index in [-0.39, 0.29) is 18.8 Å². The molecule has 0 saturated heterocycles. The zero-order valence-corrected chi connectivity index (χ0v) is 15.1. The zero-order chi connectivity index (χ0) is 18.8. The van der Waals surface area contributed by atoms with Crippen molar-refractivity contribution in [2.24, 2.45) is 0 Å². The Balaban J connectivity index is 1.91. The summed E-state index contributed by atoms with van der Waals surface area (Å²) in [5.41, 5.74) is 1.17. The molecule has 2 aromatic rings. The van der Waals surface area contributed by atoms with Crippen molar-refractivity contribution in [1.29, 1.82) is 0 Å². The number of hydrogen-bond donors (Lipinski definition) is 1. The number of methoxy groups -OCH3 is 1. The molecule has 0 aromatic heterocycles. The Hall–Kier alpha value is -2.57. The average molecular weight is 378 g/mol. The van der Waals surface area contributed by atoms with Crippen molar-refractivity contribution in [3.63, 3.8) is 0 Å². The molecule has 0 unspecified atom stereocenters. The molecule has 0 bridgehead atoms. The van der Waals surface area contributed by atoms with E-state index in [4.69, 9.17) is 25.8 Å². The number of ether oxygens (including phenoxy) is 3. The SMILES string of the molecule is COCCNC(=O)COC(=O)c1ccccc1OCc1ccc(Cl)cc1. The summed E-state index contributed by atoms with van der Waals surface area (Å²) in [6, 6.07) is 13.9. The van der Waals surface area contributed by atoms with Crippen molar-refractivity contribution >= 4 is 23.5 Å². The molecule has 1 N–H and O–H groups in total. The lowest BCUT2D eigenvalue weighted by molar-refractivity contribution is -0.124. The molecule has 0 fully saturated rings. The molecule has 0 heterocycles. The number of carbonyl (C=O) groups is 2. The second kappa shape index (κ2) is 10.4. The number of carbonyl (C=O) groups excluding carboxylic acids is 2. The third-order valence-electron chi connectivity index (χ3n) is 3.38. The van der Waals surface area contributed by atoms with E-state index >= 15 is 0 Å². The van der Waals surface area contributed by atoms with Gasteiger partial charge in [-0.25, -0.2) is 4.79 Å². The lowest BCUT2D eigenvalue weighted by Crippen LogP contribution is -2.31. The lowest BCUT2D eigenvalue weighted by Gasteiger charge is -2.11. The Morgan fingerprint density at radius 2 is 1.81 bits per heavy atom. The molecule has 6 nitrogen and oxygen atoms in total. The van der Waals surface area contributed by atoms with Crippen molar-refractivity contribution in [1.82, 2.24) is 5.32 Å². The molecule has 0 atom stereocenters. The molecular weight excluding hydrogens is 358 g/mol. The quantitative estimate of drug-likeness (QED) is 0.537. The average Bonchev–Trinajstić information content (AvgIpc) is 2.66. The Morgan fingerprint density at radius 3 is 2.54 bits per heavy atom. The molecule has 2 aromatic carbocycles. The largest absolute Gasteiger partial charge is 0.488 e. The fraction of sp³-hybridized carbons (Fsp3) is 0.263. The number of rotatable bonds is 9. The monoisotopic (exact) mass is 377 g/mol. The van der Waals surface area contributed by atoms with Gasteiger partial charge in [-0.1, -0.05) is 35.9 Å². The number of para-hydroxylation sites is 1. The van der Waals surface area contributed by atoms with E-state index in [1.165, 1.54) is 7.11 Å². The van der Waals surface area contributed by atoms with Crippen LogP contribution in [0.1, 0.15) is 15.9 Å². The molecule has 0 aliphatic heterocycles. The van der Waals surface area contributed by atoms with Crippen LogP contribution < -0.4 is 10.1 Å². The third-order valence-corrected chi connectivity index (χ3v) is 3.63. The Morgan fingerprint density at radius 1 is 1.08 bits per heavy atom. The van der Waals surface area contributed by atoms with Crippen molar-refractivity contribution < 1.29 is 23.8 Å². The molecular formula is C19H20ClNO5. The van der Waals surface area contributed by atoms with E-state index < -0.39 is 11.9 Å². The van der Waals surface area contributed by atoms with Crippen molar-refractivity contribution in [3.8, 4) is 5.75 Å². The molecule has 0 aliphatic rings. The van der Waals surface area contributed by atoms with Gasteiger partial charge in [0.15, 0.2) is 6.61 Å². The maximum Gasteiger partial charge on any atom is 0.342 e. The minimum Gasteiger partial charge on any atom is -0.488 e. The molecule has 7 heteroatoms. The van der Waals surface area contributed by atoms with Crippen LogP contribution in [0.4, 0.5) is 0 Å². The molecule has 0 spiro atoms. The number of hydrogen-bond acceptors (Lipinski definition) is 5. The van der Waals surface area contributed by atoms with Crippen LogP contribution in [-0.2, 0) is 20.9 Å². The summed E-state index contributed by atoms with van der Waals surface area (Å²) in [4.78, 5) is 23.8. The minimum absolute atomic E-state index is 0.256. The van der Waals surface area contributed by atoms with Gasteiger partial charge in [0.1, 0.15) is 17.9 Å². The van der Waals surface area contributed by atoms with Gasteiger partial charge in [0.25, 0.3) is 5.91 Å². The summed E-state index contributed by atoms with van der Waals surface area (Å²) in [6.45, 7) is 0.655. The standard InChI is InChI=1S/C19H20ClNO5/c1-24-11-10-21-18(22)13-26-19(23)16-4-2-3-5-17(16)25-12-14-6-8-15(20)9-7-14/h2-9H,10-13H2,1H3,(H,21,22). The fourth-order valence-electron chi connectivity index (χ4n) is 2.06. The van der Waals surface area contributed by atoms with Gasteiger partial charge in [0.2, 0.25) is 0 Å². The van der Waals surface area contributed by atoms with Crippen LogP contribution in [0.15, 0.2) is 48.5 Å². The van der Waals surface area contributed by atoms with Crippen LogP contribution in [-0.4, -0.2) is 38.7 Å². The number of nitrogens with one attached hydrogen (secondary N) is 1. The van der Waals surface area contributed by atoms with Crippen LogP contribution >= 0.6 is 11.6 Å². The van der Waals surface area contributed by atoms with Crippen LogP contribution in [0, 0.1) is 0 Å². The van der Waals surface area contributed by atoms with Gasteiger partial charge in [-0.3, -0.25) is 4.79 Å². The van der Waals surface area contributed by atoms with E-state index in [1.54, 1.807) is 36.4 Å². The van der Waals surface area contributed by atoms with E-state index in [0.29, 0.717) is 23.9 Å². The van der Waals surface area contributed by atoms with Crippen molar-refractivity contribution in [2.45, 2.75) is 6.61 Å². The highest BCUT2D eigenvalue weighted by atomic mass is 35.5. The molecule has 0 saturated carbocycles. The van der Waals surface area contributed by atoms with Crippen LogP contribution in [0.3, 0.4) is 0 Å². The first-order valence-corrected chi connectivity index (χ1v) is 8.37. The first kappa shape index (κ1) is 19.8. The molecule has 0 aliphatic carbocycles. The Kier molecular flexibility index (Phi) is 7.92. The van der Waals surface area contributed by atoms with E-state index in [0.717, 1.165) is 5.56 Å². The summed E-state index contributed by atoms with van der Waals surface area (Å²) in [5.74, 6) is -0.638. The second-order valence-corrected chi connectivity index (χ2v) is 5.77. The summed E-state index contributed by atoms with van der Waals surface area (Å²) >= 11 is 5.85. The predicted molar refractivity (Wildman–Crippen MR) is 97.4 cm³/mol. The second-order valence-electron chi connectivity index (χ2n) is 5.33. The van der Waals surface area contributed by atoms with Gasteiger partial charge in [0, 0.05) is 18.7 Å². The fourth-order valence-corrected chi connectivity index (χ4v) is 2.18. The first-order valence-electron chi connectivity index (χ1n) is 7.99. The highest BCUT2D eigenvalue weighted by molar-refractivity contribution is 6.30. The summed E-state index contributed by atoms with van der Waals surface area (Å²) < 4.78 is 15.6. The lowest BCUT2D eigenvalue weighted by atomic mass is 10.2. The molecule has 1 amide bonds. The van der Waals surface area contributed by atoms with E-state index in [2.05, 4.69) is 5.32 Å². The summed E-state index contributed by atoms with van der Waals surface area (Å²) in [7, 11) is 1.53. The van der Waals surface area contributed by atoms with E-state index in [9.17, 15) is 9.59 Å². The van der Waals surface area contributed by atoms with Crippen LogP contribution in [0.25, 0.3) is 0 Å². The van der Waals surface area contributed by atoms with Gasteiger partial charge in [-0.15, -0.1) is 0 Å². The number of amides is 1. The van der Waals surface area contributed by atoms with Crippen molar-refractivity contribution in [2.75, 3.05) is 26.9 Å². The maximum atomic E-state index is 12.2. The van der Waals surface area contributed by atoms with E-state index in [1.807, 2.05) is 12.1 Å². The number of esters is 1. The molecule has 26 heavy (non-hydrogen) atoms. The first-order chi connectivity index (χ1) is 12.6. The highest BCUT2D eigenvalue weighted by Crippen LogP contribution is 2.21. The highest BCUT2D eigenvalue weighted by Gasteiger charge is 2.15. The van der Waals surface area contributed by atoms with Crippen molar-refractivity contribution in [3.05, 3.63) is 64.7 Å². The van der Waals surface area contributed by atoms with Gasteiger partial charge in [-0.05, 0) is 29.8 Å². The predicted octanol–water partition coefficient (Wildman–Crippen LogP) is 2.84. The molecule has 138 valence electrons. The van der Waals surface area contributed by atoms with Crippen LogP contribution in [0.5, 0.6) is 5.75 Å². The maximum absolute atomic E-state index is 12.2.